The highest BCUT2D eigenvalue weighted by Gasteiger charge is 2.25. The molecule has 1 aromatic rings. The number of hydrogen-bond donors (Lipinski definition) is 1. The third-order valence-electron chi connectivity index (χ3n) is 3.93. The molecule has 4 nitrogen and oxygen atoms in total. The zero-order valence-corrected chi connectivity index (χ0v) is 9.95. The predicted octanol–water partition coefficient (Wildman–Crippen LogP) is 0.412. The molecule has 4 heteroatoms. The highest BCUT2D eigenvalue weighted by Crippen LogP contribution is 2.20. The number of aryl methyl sites for hydroxylation is 2. The molecule has 0 radical (unpaired) electrons. The minimum atomic E-state index is 0.725. The first-order chi connectivity index (χ1) is 7.84. The van der Waals surface area contributed by atoms with E-state index in [-0.39, 0.29) is 0 Å². The van der Waals surface area contributed by atoms with E-state index in [1.165, 1.54) is 37.4 Å². The minimum Gasteiger partial charge on any atom is -0.331 e. The fourth-order valence-electron chi connectivity index (χ4n) is 2.93. The summed E-state index contributed by atoms with van der Waals surface area (Å²) >= 11 is 0. The number of piperazine rings is 1. The van der Waals surface area contributed by atoms with Crippen LogP contribution in [0.2, 0.25) is 0 Å². The van der Waals surface area contributed by atoms with Gasteiger partial charge in [0, 0.05) is 50.7 Å². The van der Waals surface area contributed by atoms with Crippen molar-refractivity contribution < 1.29 is 0 Å². The van der Waals surface area contributed by atoms with Crippen LogP contribution in [0.25, 0.3) is 0 Å². The van der Waals surface area contributed by atoms with Crippen LogP contribution in [0.15, 0.2) is 6.20 Å². The molecule has 3 heterocycles. The molecule has 1 unspecified atom stereocenters. The summed E-state index contributed by atoms with van der Waals surface area (Å²) < 4.78 is 2.40. The maximum absolute atomic E-state index is 4.41. The molecule has 0 amide bonds. The lowest BCUT2D eigenvalue weighted by Gasteiger charge is -2.37. The number of nitrogens with zero attached hydrogens (tertiary/aromatic N) is 3. The predicted molar refractivity (Wildman–Crippen MR) is 63.5 cm³/mol. The zero-order chi connectivity index (χ0) is 11.0. The van der Waals surface area contributed by atoms with Gasteiger partial charge < -0.3 is 9.88 Å². The van der Waals surface area contributed by atoms with Crippen molar-refractivity contribution in [3.05, 3.63) is 17.7 Å². The molecular formula is C12H20N4. The number of imidazole rings is 1. The van der Waals surface area contributed by atoms with Crippen molar-refractivity contribution in [1.29, 1.82) is 0 Å². The molecule has 1 atom stereocenters. The largest absolute Gasteiger partial charge is 0.331 e. The van der Waals surface area contributed by atoms with Gasteiger partial charge in [0.2, 0.25) is 0 Å². The van der Waals surface area contributed by atoms with Gasteiger partial charge in [0.05, 0.1) is 0 Å². The van der Waals surface area contributed by atoms with Crippen molar-refractivity contribution >= 4 is 0 Å². The number of nitrogens with one attached hydrogen (secondary N) is 1. The molecule has 0 saturated carbocycles. The highest BCUT2D eigenvalue weighted by molar-refractivity contribution is 5.08. The summed E-state index contributed by atoms with van der Waals surface area (Å²) in [5.41, 5.74) is 1.42. The average Bonchev–Trinajstić information content (AvgIpc) is 2.72. The van der Waals surface area contributed by atoms with E-state index in [0.717, 1.165) is 25.7 Å². The van der Waals surface area contributed by atoms with E-state index >= 15 is 0 Å². The van der Waals surface area contributed by atoms with Crippen LogP contribution in [0.3, 0.4) is 0 Å². The van der Waals surface area contributed by atoms with Crippen molar-refractivity contribution in [2.75, 3.05) is 26.2 Å². The van der Waals surface area contributed by atoms with E-state index in [0.29, 0.717) is 0 Å². The Morgan fingerprint density at radius 3 is 3.00 bits per heavy atom. The van der Waals surface area contributed by atoms with Crippen LogP contribution in [0.1, 0.15) is 17.9 Å². The van der Waals surface area contributed by atoms with E-state index in [1.54, 1.807) is 0 Å². The van der Waals surface area contributed by atoms with Crippen molar-refractivity contribution in [2.45, 2.75) is 32.4 Å². The monoisotopic (exact) mass is 220 g/mol. The fraction of sp³-hybridized carbons (Fsp3) is 0.750. The van der Waals surface area contributed by atoms with Crippen molar-refractivity contribution in [1.82, 2.24) is 19.8 Å². The Labute approximate surface area is 96.7 Å². The van der Waals surface area contributed by atoms with Gasteiger partial charge in [0.25, 0.3) is 0 Å². The normalized spacial score (nSPS) is 26.7. The number of aromatic nitrogens is 2. The number of rotatable bonds is 1. The lowest BCUT2D eigenvalue weighted by molar-refractivity contribution is 0.139. The van der Waals surface area contributed by atoms with E-state index in [1.807, 2.05) is 6.20 Å². The van der Waals surface area contributed by atoms with E-state index < -0.39 is 0 Å². The third-order valence-corrected chi connectivity index (χ3v) is 3.93. The maximum atomic E-state index is 4.41. The second-order valence-corrected chi connectivity index (χ2v) is 4.89. The van der Waals surface area contributed by atoms with Gasteiger partial charge in [-0.25, -0.2) is 4.98 Å². The molecule has 1 fully saturated rings. The minimum absolute atomic E-state index is 0.725. The van der Waals surface area contributed by atoms with E-state index in [4.69, 9.17) is 0 Å². The van der Waals surface area contributed by atoms with Gasteiger partial charge >= 0.3 is 0 Å². The van der Waals surface area contributed by atoms with Crippen LogP contribution < -0.4 is 5.32 Å². The van der Waals surface area contributed by atoms with Gasteiger partial charge in [-0.1, -0.05) is 0 Å². The van der Waals surface area contributed by atoms with Gasteiger partial charge in [-0.05, 0) is 19.8 Å². The van der Waals surface area contributed by atoms with Crippen LogP contribution in [0.4, 0.5) is 0 Å². The fourth-order valence-corrected chi connectivity index (χ4v) is 2.93. The second kappa shape index (κ2) is 4.18. The van der Waals surface area contributed by atoms with Crippen LogP contribution >= 0.6 is 0 Å². The second-order valence-electron chi connectivity index (χ2n) is 4.89. The Morgan fingerprint density at radius 2 is 2.19 bits per heavy atom. The molecule has 0 aromatic carbocycles. The van der Waals surface area contributed by atoms with Crippen LogP contribution in [-0.4, -0.2) is 46.7 Å². The van der Waals surface area contributed by atoms with Crippen molar-refractivity contribution in [3.63, 3.8) is 0 Å². The molecule has 2 aliphatic rings. The maximum Gasteiger partial charge on any atom is 0.105 e. The number of hydrogen-bond acceptors (Lipinski definition) is 3. The Balaban J connectivity index is 1.73. The summed E-state index contributed by atoms with van der Waals surface area (Å²) in [5.74, 6) is 1.18. The molecule has 0 spiro atoms. The molecule has 0 aliphatic carbocycles. The summed E-state index contributed by atoms with van der Waals surface area (Å²) in [6, 6.07) is 0.725. The summed E-state index contributed by atoms with van der Waals surface area (Å²) in [5, 5.41) is 3.42. The van der Waals surface area contributed by atoms with Gasteiger partial charge in [0.15, 0.2) is 0 Å². The first-order valence-corrected chi connectivity index (χ1v) is 6.30. The van der Waals surface area contributed by atoms with Crippen LogP contribution in [0.5, 0.6) is 0 Å². The van der Waals surface area contributed by atoms with E-state index in [9.17, 15) is 0 Å². The Morgan fingerprint density at radius 1 is 1.38 bits per heavy atom. The Kier molecular flexibility index (Phi) is 2.69. The number of fused-ring (bicyclic) bond motifs is 1. The Hall–Kier alpha value is -0.870. The van der Waals surface area contributed by atoms with E-state index in [2.05, 4.69) is 26.7 Å². The van der Waals surface area contributed by atoms with Crippen molar-refractivity contribution in [2.24, 2.45) is 0 Å². The van der Waals surface area contributed by atoms with Crippen molar-refractivity contribution in [3.8, 4) is 0 Å². The molecule has 2 aliphatic heterocycles. The highest BCUT2D eigenvalue weighted by atomic mass is 15.2. The first-order valence-electron chi connectivity index (χ1n) is 6.30. The van der Waals surface area contributed by atoms with Gasteiger partial charge in [-0.3, -0.25) is 4.90 Å². The molecular weight excluding hydrogens is 200 g/mol. The average molecular weight is 220 g/mol. The molecule has 3 rings (SSSR count). The third kappa shape index (κ3) is 1.76. The standard InChI is InChI=1S/C12H20N4/c1-10-14-8-11-2-3-12(9-16(10)11)15-6-4-13-5-7-15/h8,12-13H,2-7,9H2,1H3. The summed E-state index contributed by atoms with van der Waals surface area (Å²) in [6.45, 7) is 7.95. The van der Waals surface area contributed by atoms with Gasteiger partial charge in [-0.15, -0.1) is 0 Å². The molecule has 88 valence electrons. The topological polar surface area (TPSA) is 33.1 Å². The molecule has 1 aromatic heterocycles. The SMILES string of the molecule is Cc1ncc2n1CC(N1CCNCC1)CC2. The zero-order valence-electron chi connectivity index (χ0n) is 9.95. The quantitative estimate of drug-likeness (QED) is 0.744. The lowest BCUT2D eigenvalue weighted by Crippen LogP contribution is -2.50. The smallest absolute Gasteiger partial charge is 0.105 e. The molecule has 0 bridgehead atoms. The molecule has 16 heavy (non-hydrogen) atoms. The lowest BCUT2D eigenvalue weighted by atomic mass is 10.0. The Bertz CT molecular complexity index is 365. The molecule has 1 saturated heterocycles. The summed E-state index contributed by atoms with van der Waals surface area (Å²) in [4.78, 5) is 7.05. The summed E-state index contributed by atoms with van der Waals surface area (Å²) in [7, 11) is 0. The van der Waals surface area contributed by atoms with Gasteiger partial charge in [0.1, 0.15) is 5.82 Å². The van der Waals surface area contributed by atoms with Crippen LogP contribution in [0, 0.1) is 6.92 Å². The van der Waals surface area contributed by atoms with Crippen LogP contribution in [-0.2, 0) is 13.0 Å². The molecule has 1 N–H and O–H groups in total. The van der Waals surface area contributed by atoms with Gasteiger partial charge in [-0.2, -0.15) is 0 Å². The summed E-state index contributed by atoms with van der Waals surface area (Å²) in [6.07, 6.45) is 4.53. The first kappa shape index (κ1) is 10.3.